The van der Waals surface area contributed by atoms with Crippen molar-refractivity contribution in [1.82, 2.24) is 14.6 Å². The SMILES string of the molecule is CN(C)c1ccc(NC(=O)c2ccnc3ccnn23)cc1. The molecule has 106 valence electrons. The number of carbonyl (C=O) groups excluding carboxylic acids is 1. The topological polar surface area (TPSA) is 62.5 Å². The third kappa shape index (κ3) is 2.55. The van der Waals surface area contributed by atoms with Crippen LogP contribution in [-0.2, 0) is 0 Å². The lowest BCUT2D eigenvalue weighted by molar-refractivity contribution is 0.102. The molecule has 6 heteroatoms. The van der Waals surface area contributed by atoms with Crippen molar-refractivity contribution in [2.24, 2.45) is 0 Å². The molecule has 0 aliphatic carbocycles. The van der Waals surface area contributed by atoms with Gasteiger partial charge < -0.3 is 10.2 Å². The third-order valence-electron chi connectivity index (χ3n) is 3.16. The van der Waals surface area contributed by atoms with Crippen LogP contribution in [0.5, 0.6) is 0 Å². The van der Waals surface area contributed by atoms with Gasteiger partial charge in [0.2, 0.25) is 0 Å². The normalized spacial score (nSPS) is 10.6. The highest BCUT2D eigenvalue weighted by atomic mass is 16.2. The molecule has 1 amide bonds. The van der Waals surface area contributed by atoms with E-state index in [2.05, 4.69) is 15.4 Å². The molecule has 1 aromatic carbocycles. The molecule has 2 aromatic heterocycles. The molecule has 0 fully saturated rings. The van der Waals surface area contributed by atoms with Gasteiger partial charge in [-0.15, -0.1) is 0 Å². The fraction of sp³-hybridized carbons (Fsp3) is 0.133. The molecular formula is C15H15N5O. The van der Waals surface area contributed by atoms with Gasteiger partial charge in [-0.05, 0) is 30.3 Å². The van der Waals surface area contributed by atoms with Gasteiger partial charge in [0.1, 0.15) is 5.69 Å². The zero-order valence-corrected chi connectivity index (χ0v) is 11.8. The van der Waals surface area contributed by atoms with Crippen LogP contribution in [0.15, 0.2) is 48.8 Å². The second-order valence-electron chi connectivity index (χ2n) is 4.83. The minimum Gasteiger partial charge on any atom is -0.378 e. The van der Waals surface area contributed by atoms with Crippen molar-refractivity contribution in [3.05, 3.63) is 54.5 Å². The molecule has 0 bridgehead atoms. The van der Waals surface area contributed by atoms with Crippen LogP contribution in [0, 0.1) is 0 Å². The Bertz CT molecular complexity index is 776. The number of nitrogens with zero attached hydrogens (tertiary/aromatic N) is 4. The number of carbonyl (C=O) groups is 1. The Morgan fingerprint density at radius 2 is 1.86 bits per heavy atom. The number of amides is 1. The first-order valence-electron chi connectivity index (χ1n) is 6.52. The van der Waals surface area contributed by atoms with Gasteiger partial charge in [0, 0.05) is 37.7 Å². The minimum absolute atomic E-state index is 0.219. The number of anilines is 2. The van der Waals surface area contributed by atoms with Crippen LogP contribution in [0.3, 0.4) is 0 Å². The van der Waals surface area contributed by atoms with Crippen molar-refractivity contribution in [2.45, 2.75) is 0 Å². The molecule has 0 atom stereocenters. The molecule has 0 radical (unpaired) electrons. The Hall–Kier alpha value is -2.89. The molecule has 21 heavy (non-hydrogen) atoms. The second-order valence-corrected chi connectivity index (χ2v) is 4.83. The summed E-state index contributed by atoms with van der Waals surface area (Å²) in [5.41, 5.74) is 2.90. The van der Waals surface area contributed by atoms with Gasteiger partial charge in [-0.3, -0.25) is 4.79 Å². The number of aromatic nitrogens is 3. The van der Waals surface area contributed by atoms with E-state index in [9.17, 15) is 4.79 Å². The Morgan fingerprint density at radius 3 is 2.57 bits per heavy atom. The molecule has 0 aliphatic heterocycles. The Balaban J connectivity index is 1.84. The summed E-state index contributed by atoms with van der Waals surface area (Å²) in [6, 6.07) is 11.0. The van der Waals surface area contributed by atoms with Crippen molar-refractivity contribution in [1.29, 1.82) is 0 Å². The monoisotopic (exact) mass is 281 g/mol. The zero-order valence-electron chi connectivity index (χ0n) is 11.8. The van der Waals surface area contributed by atoms with Crippen LogP contribution in [-0.4, -0.2) is 34.6 Å². The molecule has 0 saturated heterocycles. The van der Waals surface area contributed by atoms with E-state index in [4.69, 9.17) is 0 Å². The van der Waals surface area contributed by atoms with E-state index in [1.54, 1.807) is 24.5 Å². The van der Waals surface area contributed by atoms with Crippen molar-refractivity contribution >= 4 is 22.9 Å². The lowest BCUT2D eigenvalue weighted by Gasteiger charge is -2.13. The van der Waals surface area contributed by atoms with E-state index in [0.29, 0.717) is 11.3 Å². The van der Waals surface area contributed by atoms with Crippen LogP contribution in [0.1, 0.15) is 10.5 Å². The maximum atomic E-state index is 12.3. The van der Waals surface area contributed by atoms with Crippen molar-refractivity contribution in [3.8, 4) is 0 Å². The summed E-state index contributed by atoms with van der Waals surface area (Å²) in [7, 11) is 3.94. The Labute approximate surface area is 122 Å². The van der Waals surface area contributed by atoms with E-state index in [-0.39, 0.29) is 5.91 Å². The quantitative estimate of drug-likeness (QED) is 0.798. The third-order valence-corrected chi connectivity index (χ3v) is 3.16. The van der Waals surface area contributed by atoms with Gasteiger partial charge in [0.15, 0.2) is 5.65 Å². The molecular weight excluding hydrogens is 266 g/mol. The lowest BCUT2D eigenvalue weighted by Crippen LogP contribution is -2.17. The van der Waals surface area contributed by atoms with E-state index < -0.39 is 0 Å². The molecule has 0 spiro atoms. The van der Waals surface area contributed by atoms with Crippen molar-refractivity contribution < 1.29 is 4.79 Å². The number of benzene rings is 1. The predicted octanol–water partition coefficient (Wildman–Crippen LogP) is 2.05. The number of hydrogen-bond donors (Lipinski definition) is 1. The molecule has 0 aliphatic rings. The van der Waals surface area contributed by atoms with Gasteiger partial charge in [0.25, 0.3) is 5.91 Å². The minimum atomic E-state index is -0.219. The number of rotatable bonds is 3. The van der Waals surface area contributed by atoms with E-state index in [0.717, 1.165) is 11.4 Å². The average Bonchev–Trinajstić information content (AvgIpc) is 2.96. The Morgan fingerprint density at radius 1 is 1.10 bits per heavy atom. The van der Waals surface area contributed by atoms with Gasteiger partial charge in [0.05, 0.1) is 6.20 Å². The van der Waals surface area contributed by atoms with Crippen LogP contribution < -0.4 is 10.2 Å². The largest absolute Gasteiger partial charge is 0.378 e. The number of hydrogen-bond acceptors (Lipinski definition) is 4. The first-order valence-corrected chi connectivity index (χ1v) is 6.52. The van der Waals surface area contributed by atoms with Crippen LogP contribution in [0.25, 0.3) is 5.65 Å². The summed E-state index contributed by atoms with van der Waals surface area (Å²) in [5.74, 6) is -0.219. The maximum absolute atomic E-state index is 12.3. The smallest absolute Gasteiger partial charge is 0.274 e. The van der Waals surface area contributed by atoms with Crippen molar-refractivity contribution in [3.63, 3.8) is 0 Å². The highest BCUT2D eigenvalue weighted by Crippen LogP contribution is 2.16. The summed E-state index contributed by atoms with van der Waals surface area (Å²) >= 11 is 0. The summed E-state index contributed by atoms with van der Waals surface area (Å²) in [6.45, 7) is 0. The van der Waals surface area contributed by atoms with Crippen molar-refractivity contribution in [2.75, 3.05) is 24.3 Å². The molecule has 2 heterocycles. The fourth-order valence-electron chi connectivity index (χ4n) is 2.04. The number of fused-ring (bicyclic) bond motifs is 1. The average molecular weight is 281 g/mol. The van der Waals surface area contributed by atoms with Crippen LogP contribution in [0.2, 0.25) is 0 Å². The van der Waals surface area contributed by atoms with Gasteiger partial charge in [-0.25, -0.2) is 9.50 Å². The van der Waals surface area contributed by atoms with Gasteiger partial charge in [-0.1, -0.05) is 0 Å². The fourth-order valence-corrected chi connectivity index (χ4v) is 2.04. The molecule has 0 unspecified atom stereocenters. The van der Waals surface area contributed by atoms with E-state index in [1.807, 2.05) is 43.3 Å². The van der Waals surface area contributed by atoms with Crippen LogP contribution in [0.4, 0.5) is 11.4 Å². The summed E-state index contributed by atoms with van der Waals surface area (Å²) in [6.07, 6.45) is 3.21. The second kappa shape index (κ2) is 5.24. The molecule has 1 N–H and O–H groups in total. The lowest BCUT2D eigenvalue weighted by atomic mass is 10.2. The zero-order chi connectivity index (χ0) is 14.8. The molecule has 6 nitrogen and oxygen atoms in total. The summed E-state index contributed by atoms with van der Waals surface area (Å²) in [5, 5.41) is 6.97. The van der Waals surface area contributed by atoms with Gasteiger partial charge >= 0.3 is 0 Å². The molecule has 0 saturated carbocycles. The Kier molecular flexibility index (Phi) is 3.27. The van der Waals surface area contributed by atoms with Crippen LogP contribution >= 0.6 is 0 Å². The summed E-state index contributed by atoms with van der Waals surface area (Å²) in [4.78, 5) is 18.5. The first kappa shape index (κ1) is 13.1. The standard InChI is InChI=1S/C15H15N5O/c1-19(2)12-5-3-11(4-6-12)18-15(21)13-7-9-16-14-8-10-17-20(13)14/h3-10H,1-2H3,(H,18,21). The predicted molar refractivity (Wildman–Crippen MR) is 81.7 cm³/mol. The highest BCUT2D eigenvalue weighted by Gasteiger charge is 2.11. The van der Waals surface area contributed by atoms with E-state index >= 15 is 0 Å². The highest BCUT2D eigenvalue weighted by molar-refractivity contribution is 6.03. The maximum Gasteiger partial charge on any atom is 0.274 e. The molecule has 3 aromatic rings. The van der Waals surface area contributed by atoms with Gasteiger partial charge in [-0.2, -0.15) is 5.10 Å². The molecule has 3 rings (SSSR count). The first-order chi connectivity index (χ1) is 10.1. The number of nitrogens with one attached hydrogen (secondary N) is 1. The summed E-state index contributed by atoms with van der Waals surface area (Å²) < 4.78 is 1.52. The van der Waals surface area contributed by atoms with E-state index in [1.165, 1.54) is 4.52 Å².